The number of rotatable bonds is 5. The number of nitrogens with zero attached hydrogens (tertiary/aromatic N) is 2. The smallest absolute Gasteiger partial charge is 0.408 e. The Bertz CT molecular complexity index is 1240. The Morgan fingerprint density at radius 2 is 1.53 bits per heavy atom. The molecule has 6 heteroatoms. The Morgan fingerprint density at radius 3 is 2.14 bits per heavy atom. The Labute approximate surface area is 211 Å². The van der Waals surface area contributed by atoms with Crippen molar-refractivity contribution in [2.75, 3.05) is 19.8 Å². The molecular formula is C30H29N3O3. The van der Waals surface area contributed by atoms with Crippen LogP contribution >= 0.6 is 0 Å². The van der Waals surface area contributed by atoms with Crippen LogP contribution in [0.5, 0.6) is 0 Å². The van der Waals surface area contributed by atoms with E-state index in [4.69, 9.17) is 9.47 Å². The molecule has 0 spiro atoms. The number of alkyl carbamates (subject to hydrolysis) is 1. The zero-order valence-electron chi connectivity index (χ0n) is 20.1. The normalized spacial score (nSPS) is 24.9. The Hall–Kier alpha value is -3.66. The summed E-state index contributed by atoms with van der Waals surface area (Å²) in [6.45, 7) is 2.15. The van der Waals surface area contributed by atoms with Crippen molar-refractivity contribution in [1.82, 2.24) is 10.2 Å². The van der Waals surface area contributed by atoms with E-state index in [0.29, 0.717) is 26.1 Å². The maximum absolute atomic E-state index is 13.0. The zero-order chi connectivity index (χ0) is 24.5. The summed E-state index contributed by atoms with van der Waals surface area (Å²) in [5.74, 6) is -0.0123. The van der Waals surface area contributed by atoms with Crippen LogP contribution in [0.15, 0.2) is 78.9 Å². The first kappa shape index (κ1) is 22.8. The van der Waals surface area contributed by atoms with Gasteiger partial charge in [-0.3, -0.25) is 4.90 Å². The summed E-state index contributed by atoms with van der Waals surface area (Å²) in [4.78, 5) is 15.4. The molecular weight excluding hydrogens is 450 g/mol. The van der Waals surface area contributed by atoms with Crippen LogP contribution in [-0.4, -0.2) is 48.4 Å². The van der Waals surface area contributed by atoms with Crippen molar-refractivity contribution in [3.63, 3.8) is 0 Å². The van der Waals surface area contributed by atoms with E-state index in [0.717, 1.165) is 6.54 Å². The molecule has 2 aliphatic heterocycles. The topological polar surface area (TPSA) is 74.6 Å². The van der Waals surface area contributed by atoms with Crippen molar-refractivity contribution < 1.29 is 14.3 Å². The average Bonchev–Trinajstić information content (AvgIpc) is 3.22. The third-order valence-electron chi connectivity index (χ3n) is 7.83. The maximum atomic E-state index is 13.0. The molecule has 6 rings (SSSR count). The van der Waals surface area contributed by atoms with Gasteiger partial charge in [0.05, 0.1) is 19.3 Å². The number of fused-ring (bicyclic) bond motifs is 5. The first-order chi connectivity index (χ1) is 17.7. The second-order valence-corrected chi connectivity index (χ2v) is 10.1. The number of carbonyl (C=O) groups excluding carboxylic acids is 1. The number of hydrogen-bond acceptors (Lipinski definition) is 5. The fourth-order valence-corrected chi connectivity index (χ4v) is 6.17. The van der Waals surface area contributed by atoms with Crippen LogP contribution in [-0.2, 0) is 16.0 Å². The first-order valence-corrected chi connectivity index (χ1v) is 12.6. The molecule has 36 heavy (non-hydrogen) atoms. The van der Waals surface area contributed by atoms with E-state index in [2.05, 4.69) is 52.7 Å². The van der Waals surface area contributed by atoms with Gasteiger partial charge in [0.25, 0.3) is 0 Å². The molecule has 0 radical (unpaired) electrons. The molecule has 1 aliphatic carbocycles. The second kappa shape index (κ2) is 9.42. The van der Waals surface area contributed by atoms with Gasteiger partial charge in [0.1, 0.15) is 12.1 Å². The first-order valence-electron chi connectivity index (χ1n) is 12.6. The number of morpholine rings is 1. The zero-order valence-corrected chi connectivity index (χ0v) is 20.1. The van der Waals surface area contributed by atoms with Gasteiger partial charge >= 0.3 is 6.09 Å². The van der Waals surface area contributed by atoms with Gasteiger partial charge in [-0.1, -0.05) is 78.9 Å². The summed E-state index contributed by atoms with van der Waals surface area (Å²) in [7, 11) is 0. The minimum Gasteiger partial charge on any atom is -0.449 e. The molecule has 2 saturated heterocycles. The molecule has 2 atom stereocenters. The van der Waals surface area contributed by atoms with E-state index in [9.17, 15) is 10.1 Å². The summed E-state index contributed by atoms with van der Waals surface area (Å²) < 4.78 is 11.6. The number of piperidine rings is 1. The molecule has 1 amide bonds. The van der Waals surface area contributed by atoms with E-state index >= 15 is 0 Å². The van der Waals surface area contributed by atoms with Gasteiger partial charge in [-0.2, -0.15) is 5.26 Å². The van der Waals surface area contributed by atoms with Crippen LogP contribution in [0.25, 0.3) is 11.1 Å². The van der Waals surface area contributed by atoms with Crippen molar-refractivity contribution in [1.29, 1.82) is 5.26 Å². The van der Waals surface area contributed by atoms with E-state index < -0.39 is 11.6 Å². The van der Waals surface area contributed by atoms with Crippen molar-refractivity contribution in [2.24, 2.45) is 0 Å². The largest absolute Gasteiger partial charge is 0.449 e. The highest BCUT2D eigenvalue weighted by Crippen LogP contribution is 2.44. The highest BCUT2D eigenvalue weighted by Gasteiger charge is 2.48. The molecule has 6 nitrogen and oxygen atoms in total. The van der Waals surface area contributed by atoms with Gasteiger partial charge in [0, 0.05) is 37.4 Å². The lowest BCUT2D eigenvalue weighted by atomic mass is 9.79. The molecule has 0 saturated carbocycles. The van der Waals surface area contributed by atoms with Crippen LogP contribution in [0.1, 0.15) is 35.4 Å². The van der Waals surface area contributed by atoms with Crippen molar-refractivity contribution in [3.8, 4) is 17.2 Å². The number of carbonyl (C=O) groups is 1. The van der Waals surface area contributed by atoms with E-state index in [1.807, 2.05) is 42.5 Å². The highest BCUT2D eigenvalue weighted by atomic mass is 16.5. The molecule has 2 heterocycles. The highest BCUT2D eigenvalue weighted by molar-refractivity contribution is 5.79. The van der Waals surface area contributed by atoms with Crippen molar-refractivity contribution in [2.45, 2.75) is 42.9 Å². The second-order valence-electron chi connectivity index (χ2n) is 10.1. The van der Waals surface area contributed by atoms with Gasteiger partial charge in [-0.25, -0.2) is 4.79 Å². The average molecular weight is 480 g/mol. The number of nitriles is 1. The number of nitrogens with one attached hydrogen (secondary N) is 1. The summed E-state index contributed by atoms with van der Waals surface area (Å²) in [6, 6.07) is 29.4. The minimum absolute atomic E-state index is 0.0123. The predicted octanol–water partition coefficient (Wildman–Crippen LogP) is 4.85. The van der Waals surface area contributed by atoms with Gasteiger partial charge in [0.2, 0.25) is 0 Å². The standard InChI is InChI=1S/C30H29N3O3/c31-20-30(14-22-17-35-18-23(15-30)33(22)16-21-8-2-1-3-9-21)32-29(34)36-19-28-26-12-6-4-10-24(26)25-11-5-7-13-27(25)28/h1-13,22-23,28H,14-19H2,(H,32,34). The predicted molar refractivity (Wildman–Crippen MR) is 136 cm³/mol. The van der Waals surface area contributed by atoms with Gasteiger partial charge in [0.15, 0.2) is 0 Å². The van der Waals surface area contributed by atoms with E-state index in [1.54, 1.807) is 0 Å². The lowest BCUT2D eigenvalue weighted by Crippen LogP contribution is -2.65. The Balaban J connectivity index is 1.14. The van der Waals surface area contributed by atoms with Crippen LogP contribution in [0.4, 0.5) is 4.79 Å². The molecule has 3 aromatic carbocycles. The van der Waals surface area contributed by atoms with Gasteiger partial charge in [-0.05, 0) is 27.8 Å². The lowest BCUT2D eigenvalue weighted by molar-refractivity contribution is -0.0936. The van der Waals surface area contributed by atoms with Crippen LogP contribution < -0.4 is 5.32 Å². The maximum Gasteiger partial charge on any atom is 0.408 e. The quantitative estimate of drug-likeness (QED) is 0.566. The summed E-state index contributed by atoms with van der Waals surface area (Å²) in [5, 5.41) is 13.1. The molecule has 3 aromatic rings. The molecule has 3 aliphatic rings. The monoisotopic (exact) mass is 479 g/mol. The summed E-state index contributed by atoms with van der Waals surface area (Å²) in [6.07, 6.45) is 0.488. The van der Waals surface area contributed by atoms with E-state index in [-0.39, 0.29) is 24.6 Å². The number of benzene rings is 3. The van der Waals surface area contributed by atoms with Crippen molar-refractivity contribution >= 4 is 6.09 Å². The van der Waals surface area contributed by atoms with Crippen LogP contribution in [0, 0.1) is 11.3 Å². The van der Waals surface area contributed by atoms with Crippen LogP contribution in [0.2, 0.25) is 0 Å². The number of hydrogen-bond donors (Lipinski definition) is 1. The lowest BCUT2D eigenvalue weighted by Gasteiger charge is -2.51. The van der Waals surface area contributed by atoms with Gasteiger partial charge < -0.3 is 14.8 Å². The van der Waals surface area contributed by atoms with Crippen molar-refractivity contribution in [3.05, 3.63) is 95.6 Å². The minimum atomic E-state index is -0.963. The molecule has 0 aromatic heterocycles. The fraction of sp³-hybridized carbons (Fsp3) is 0.333. The summed E-state index contributed by atoms with van der Waals surface area (Å²) >= 11 is 0. The molecule has 2 bridgehead atoms. The van der Waals surface area contributed by atoms with Crippen LogP contribution in [0.3, 0.4) is 0 Å². The van der Waals surface area contributed by atoms with E-state index in [1.165, 1.54) is 27.8 Å². The fourth-order valence-electron chi connectivity index (χ4n) is 6.17. The SMILES string of the molecule is N#CC1(NC(=O)OCC2c3ccccc3-c3ccccc32)CC2COCC(C1)N2Cc1ccccc1. The third kappa shape index (κ3) is 4.15. The molecule has 1 N–H and O–H groups in total. The third-order valence-corrected chi connectivity index (χ3v) is 7.83. The summed E-state index contributed by atoms with van der Waals surface area (Å²) in [5.41, 5.74) is 4.99. The molecule has 2 unspecified atom stereocenters. The Kier molecular flexibility index (Phi) is 5.96. The molecule has 2 fully saturated rings. The van der Waals surface area contributed by atoms with Gasteiger partial charge in [-0.15, -0.1) is 0 Å². The number of ether oxygens (including phenoxy) is 2. The molecule has 182 valence electrons. The Morgan fingerprint density at radius 1 is 0.944 bits per heavy atom. The number of amides is 1.